The Kier molecular flexibility index (Phi) is 5.46. The molecule has 0 heterocycles. The summed E-state index contributed by atoms with van der Waals surface area (Å²) in [5.74, 6) is -0.0620. The van der Waals surface area contributed by atoms with Crippen LogP contribution >= 0.6 is 0 Å². The zero-order valence-corrected chi connectivity index (χ0v) is 13.5. The van der Waals surface area contributed by atoms with E-state index in [1.165, 1.54) is 12.1 Å². The standard InChI is InChI=1S/C16H18N2O4S/c1-13-2-4-15(5-3-13)12-23(21,22)17-11-10-14-6-8-16(9-7-14)18(19)20/h2-9,17H,10-12H2,1H3. The number of non-ortho nitro benzene ring substituents is 1. The number of rotatable bonds is 7. The summed E-state index contributed by atoms with van der Waals surface area (Å²) in [5, 5.41) is 10.6. The summed E-state index contributed by atoms with van der Waals surface area (Å²) >= 11 is 0. The molecular weight excluding hydrogens is 316 g/mol. The highest BCUT2D eigenvalue weighted by Crippen LogP contribution is 2.12. The second-order valence-electron chi connectivity index (χ2n) is 5.31. The Bertz CT molecular complexity index is 769. The molecule has 1 N–H and O–H groups in total. The Hall–Kier alpha value is -2.25. The molecule has 23 heavy (non-hydrogen) atoms. The number of nitrogens with one attached hydrogen (secondary N) is 1. The van der Waals surface area contributed by atoms with E-state index >= 15 is 0 Å². The molecule has 0 aliphatic rings. The van der Waals surface area contributed by atoms with Crippen LogP contribution in [0.5, 0.6) is 0 Å². The fourth-order valence-corrected chi connectivity index (χ4v) is 3.24. The normalized spacial score (nSPS) is 11.3. The molecule has 0 saturated carbocycles. The highest BCUT2D eigenvalue weighted by atomic mass is 32.2. The Labute approximate surface area is 135 Å². The molecule has 0 radical (unpaired) electrons. The molecule has 122 valence electrons. The van der Waals surface area contributed by atoms with Gasteiger partial charge in [-0.1, -0.05) is 42.0 Å². The first-order valence-corrected chi connectivity index (χ1v) is 8.77. The van der Waals surface area contributed by atoms with Crippen LogP contribution in [-0.2, 0) is 22.2 Å². The first kappa shape index (κ1) is 17.1. The molecule has 0 bridgehead atoms. The van der Waals surface area contributed by atoms with Crippen LogP contribution in [0.2, 0.25) is 0 Å². The second kappa shape index (κ2) is 7.34. The molecule has 0 fully saturated rings. The van der Waals surface area contributed by atoms with E-state index in [4.69, 9.17) is 0 Å². The van der Waals surface area contributed by atoms with E-state index in [1.54, 1.807) is 24.3 Å². The third-order valence-corrected chi connectivity index (χ3v) is 4.72. The molecule has 0 amide bonds. The minimum Gasteiger partial charge on any atom is -0.258 e. The minimum atomic E-state index is -3.40. The van der Waals surface area contributed by atoms with Crippen molar-refractivity contribution in [2.75, 3.05) is 6.54 Å². The summed E-state index contributed by atoms with van der Waals surface area (Å²) in [5.41, 5.74) is 2.68. The average Bonchev–Trinajstić information content (AvgIpc) is 2.50. The van der Waals surface area contributed by atoms with Crippen LogP contribution in [0.15, 0.2) is 48.5 Å². The number of nitro groups is 1. The Morgan fingerprint density at radius 2 is 1.57 bits per heavy atom. The van der Waals surface area contributed by atoms with Crippen molar-refractivity contribution in [1.82, 2.24) is 4.72 Å². The van der Waals surface area contributed by atoms with Crippen molar-refractivity contribution >= 4 is 15.7 Å². The van der Waals surface area contributed by atoms with Gasteiger partial charge in [0.15, 0.2) is 0 Å². The van der Waals surface area contributed by atoms with Gasteiger partial charge in [-0.15, -0.1) is 0 Å². The van der Waals surface area contributed by atoms with E-state index in [0.717, 1.165) is 16.7 Å². The molecule has 7 heteroatoms. The fraction of sp³-hybridized carbons (Fsp3) is 0.250. The molecule has 0 saturated heterocycles. The van der Waals surface area contributed by atoms with E-state index in [9.17, 15) is 18.5 Å². The predicted octanol–water partition coefficient (Wildman–Crippen LogP) is 2.57. The smallest absolute Gasteiger partial charge is 0.258 e. The van der Waals surface area contributed by atoms with Crippen molar-refractivity contribution < 1.29 is 13.3 Å². The van der Waals surface area contributed by atoms with Gasteiger partial charge in [-0.05, 0) is 24.5 Å². The van der Waals surface area contributed by atoms with Crippen molar-refractivity contribution in [3.8, 4) is 0 Å². The van der Waals surface area contributed by atoms with Gasteiger partial charge in [0.05, 0.1) is 10.7 Å². The van der Waals surface area contributed by atoms with Crippen LogP contribution in [0.4, 0.5) is 5.69 Å². The predicted molar refractivity (Wildman–Crippen MR) is 88.6 cm³/mol. The van der Waals surface area contributed by atoms with Gasteiger partial charge >= 0.3 is 0 Å². The van der Waals surface area contributed by atoms with Gasteiger partial charge in [-0.2, -0.15) is 0 Å². The number of nitro benzene ring substituents is 1. The summed E-state index contributed by atoms with van der Waals surface area (Å²) in [6, 6.07) is 13.4. The summed E-state index contributed by atoms with van der Waals surface area (Å²) in [7, 11) is -3.40. The fourth-order valence-electron chi connectivity index (χ4n) is 2.09. The van der Waals surface area contributed by atoms with Crippen molar-refractivity contribution in [3.63, 3.8) is 0 Å². The van der Waals surface area contributed by atoms with Crippen LogP contribution < -0.4 is 4.72 Å². The number of sulfonamides is 1. The molecule has 0 unspecified atom stereocenters. The summed E-state index contributed by atoms with van der Waals surface area (Å²) < 4.78 is 26.6. The summed E-state index contributed by atoms with van der Waals surface area (Å²) in [6.07, 6.45) is 0.477. The van der Waals surface area contributed by atoms with Crippen LogP contribution in [0.1, 0.15) is 16.7 Å². The lowest BCUT2D eigenvalue weighted by atomic mass is 10.1. The lowest BCUT2D eigenvalue weighted by Crippen LogP contribution is -2.27. The zero-order valence-electron chi connectivity index (χ0n) is 12.7. The third-order valence-electron chi connectivity index (χ3n) is 3.36. The number of nitrogens with zero attached hydrogens (tertiary/aromatic N) is 1. The van der Waals surface area contributed by atoms with E-state index in [0.29, 0.717) is 6.42 Å². The Balaban J connectivity index is 1.86. The van der Waals surface area contributed by atoms with Crippen molar-refractivity contribution in [2.45, 2.75) is 19.1 Å². The molecule has 0 aliphatic heterocycles. The molecule has 2 aromatic carbocycles. The van der Waals surface area contributed by atoms with Crippen molar-refractivity contribution in [3.05, 3.63) is 75.3 Å². The molecule has 2 rings (SSSR count). The maximum atomic E-state index is 12.0. The van der Waals surface area contributed by atoms with Gasteiger partial charge < -0.3 is 0 Å². The van der Waals surface area contributed by atoms with E-state index < -0.39 is 14.9 Å². The van der Waals surface area contributed by atoms with Crippen LogP contribution in [-0.4, -0.2) is 19.9 Å². The van der Waals surface area contributed by atoms with Gasteiger partial charge in [-0.25, -0.2) is 13.1 Å². The Morgan fingerprint density at radius 3 is 2.13 bits per heavy atom. The minimum absolute atomic E-state index is 0.0219. The largest absolute Gasteiger partial charge is 0.269 e. The highest BCUT2D eigenvalue weighted by Gasteiger charge is 2.11. The molecule has 2 aromatic rings. The van der Waals surface area contributed by atoms with Crippen LogP contribution in [0.25, 0.3) is 0 Å². The maximum Gasteiger partial charge on any atom is 0.269 e. The number of benzene rings is 2. The monoisotopic (exact) mass is 334 g/mol. The summed E-state index contributed by atoms with van der Waals surface area (Å²) in [6.45, 7) is 2.20. The van der Waals surface area contributed by atoms with E-state index in [1.807, 2.05) is 19.1 Å². The topological polar surface area (TPSA) is 89.3 Å². The molecular formula is C16H18N2O4S. The number of hydrogen-bond acceptors (Lipinski definition) is 4. The van der Waals surface area contributed by atoms with Gasteiger partial charge in [0.1, 0.15) is 0 Å². The van der Waals surface area contributed by atoms with Gasteiger partial charge in [0.25, 0.3) is 5.69 Å². The number of aryl methyl sites for hydroxylation is 1. The van der Waals surface area contributed by atoms with Crippen molar-refractivity contribution in [2.24, 2.45) is 0 Å². The lowest BCUT2D eigenvalue weighted by molar-refractivity contribution is -0.384. The average molecular weight is 334 g/mol. The van der Waals surface area contributed by atoms with E-state index in [-0.39, 0.29) is 18.0 Å². The third kappa shape index (κ3) is 5.46. The second-order valence-corrected chi connectivity index (χ2v) is 7.12. The molecule has 0 aliphatic carbocycles. The van der Waals surface area contributed by atoms with Crippen LogP contribution in [0, 0.1) is 17.0 Å². The summed E-state index contributed by atoms with van der Waals surface area (Å²) in [4.78, 5) is 10.1. The highest BCUT2D eigenvalue weighted by molar-refractivity contribution is 7.88. The first-order valence-electron chi connectivity index (χ1n) is 7.12. The van der Waals surface area contributed by atoms with Gasteiger partial charge in [0, 0.05) is 18.7 Å². The Morgan fingerprint density at radius 1 is 1.00 bits per heavy atom. The quantitative estimate of drug-likeness (QED) is 0.622. The molecule has 6 nitrogen and oxygen atoms in total. The first-order chi connectivity index (χ1) is 10.9. The van der Waals surface area contributed by atoms with Crippen LogP contribution in [0.3, 0.4) is 0 Å². The van der Waals surface area contributed by atoms with Gasteiger partial charge in [-0.3, -0.25) is 10.1 Å². The molecule has 0 aromatic heterocycles. The molecule has 0 spiro atoms. The SMILES string of the molecule is Cc1ccc(CS(=O)(=O)NCCc2ccc([N+](=O)[O-])cc2)cc1. The lowest BCUT2D eigenvalue weighted by Gasteiger charge is -2.07. The maximum absolute atomic E-state index is 12.0. The van der Waals surface area contributed by atoms with Gasteiger partial charge in [0.2, 0.25) is 10.0 Å². The molecule has 0 atom stereocenters. The van der Waals surface area contributed by atoms with E-state index in [2.05, 4.69) is 4.72 Å². The zero-order chi connectivity index (χ0) is 16.9. The van der Waals surface area contributed by atoms with Crippen molar-refractivity contribution in [1.29, 1.82) is 0 Å². The number of hydrogen-bond donors (Lipinski definition) is 1.